The molecule has 0 aliphatic carbocycles. The summed E-state index contributed by atoms with van der Waals surface area (Å²) in [5.41, 5.74) is 0.733. The molecule has 1 N–H and O–H groups in total. The summed E-state index contributed by atoms with van der Waals surface area (Å²) >= 11 is 4.60. The topological polar surface area (TPSA) is 111 Å². The van der Waals surface area contributed by atoms with E-state index in [0.717, 1.165) is 32.3 Å². The van der Waals surface area contributed by atoms with Crippen molar-refractivity contribution in [2.75, 3.05) is 19.8 Å². The molecular weight excluding hydrogens is 565 g/mol. The third kappa shape index (κ3) is 5.67. The van der Waals surface area contributed by atoms with Gasteiger partial charge < -0.3 is 14.2 Å². The predicted octanol–water partition coefficient (Wildman–Crippen LogP) is 4.46. The van der Waals surface area contributed by atoms with Crippen molar-refractivity contribution in [1.82, 2.24) is 10.2 Å². The van der Waals surface area contributed by atoms with Crippen molar-refractivity contribution < 1.29 is 23.8 Å². The fraction of sp³-hybridized carbons (Fsp3) is 0.381. The number of Topliss-reactive ketones (excluding diaryl/α,β-unsaturated/α-hetero) is 1. The van der Waals surface area contributed by atoms with Crippen LogP contribution in [0.5, 0.6) is 11.5 Å². The van der Waals surface area contributed by atoms with Gasteiger partial charge in [0, 0.05) is 0 Å². The van der Waals surface area contributed by atoms with Gasteiger partial charge in [0.15, 0.2) is 23.9 Å². The molecule has 0 amide bonds. The number of carbonyl (C=O) groups excluding carboxylic acids is 2. The predicted molar refractivity (Wildman–Crippen MR) is 133 cm³/mol. The fourth-order valence-electron chi connectivity index (χ4n) is 2.90. The monoisotopic (exact) mass is 587 g/mol. The summed E-state index contributed by atoms with van der Waals surface area (Å²) in [5, 5.41) is 18.1. The van der Waals surface area contributed by atoms with E-state index in [4.69, 9.17) is 19.6 Å². The zero-order valence-electron chi connectivity index (χ0n) is 17.8. The molecule has 8 nitrogen and oxygen atoms in total. The number of hydrogen-bond donors (Lipinski definition) is 1. The molecule has 0 unspecified atom stereocenters. The molecule has 2 aromatic rings. The summed E-state index contributed by atoms with van der Waals surface area (Å²) in [6.45, 7) is 6.02. The number of esters is 1. The molecule has 0 spiro atoms. The number of rotatable bonds is 9. The summed E-state index contributed by atoms with van der Waals surface area (Å²) in [6.07, 6.45) is 2.48. The third-order valence-electron chi connectivity index (χ3n) is 4.29. The van der Waals surface area contributed by atoms with Gasteiger partial charge in [-0.15, -0.1) is 21.5 Å². The molecule has 1 saturated heterocycles. The lowest BCUT2D eigenvalue weighted by molar-refractivity contribution is -0.145. The van der Waals surface area contributed by atoms with Crippen LogP contribution < -0.4 is 9.47 Å². The average Bonchev–Trinajstić information content (AvgIpc) is 3.31. The van der Waals surface area contributed by atoms with E-state index in [1.807, 2.05) is 19.9 Å². The van der Waals surface area contributed by atoms with E-state index in [2.05, 4.69) is 32.8 Å². The normalized spacial score (nSPS) is 17.1. The number of ether oxygens (including phenoxy) is 3. The number of aromatic nitrogens is 2. The zero-order chi connectivity index (χ0) is 23.3. The molecule has 170 valence electrons. The molecule has 1 aromatic carbocycles. The summed E-state index contributed by atoms with van der Waals surface area (Å²) in [6, 6.07) is 3.59. The Hall–Kier alpha value is -1.99. The van der Waals surface area contributed by atoms with E-state index in [1.54, 1.807) is 19.1 Å². The number of benzene rings is 1. The molecule has 0 saturated carbocycles. The molecule has 32 heavy (non-hydrogen) atoms. The maximum absolute atomic E-state index is 13.0. The molecule has 0 bridgehead atoms. The average molecular weight is 587 g/mol. The fourth-order valence-corrected chi connectivity index (χ4v) is 5.63. The van der Waals surface area contributed by atoms with Crippen LogP contribution in [0.2, 0.25) is 0 Å². The number of halogens is 1. The third-order valence-corrected chi connectivity index (χ3v) is 7.22. The summed E-state index contributed by atoms with van der Waals surface area (Å²) in [5.74, 6) is -0.401. The molecule has 1 aliphatic rings. The quantitative estimate of drug-likeness (QED) is 0.260. The van der Waals surface area contributed by atoms with E-state index >= 15 is 0 Å². The number of nitrogens with one attached hydrogen (secondary N) is 1. The van der Waals surface area contributed by atoms with E-state index in [0.29, 0.717) is 28.0 Å². The lowest BCUT2D eigenvalue weighted by atomic mass is 10.1. The van der Waals surface area contributed by atoms with Gasteiger partial charge in [0.2, 0.25) is 0 Å². The van der Waals surface area contributed by atoms with E-state index in [1.165, 1.54) is 11.3 Å². The number of aryl methyl sites for hydroxylation is 1. The van der Waals surface area contributed by atoms with Crippen LogP contribution >= 0.6 is 45.7 Å². The molecule has 1 atom stereocenters. The van der Waals surface area contributed by atoms with Gasteiger partial charge in [-0.1, -0.05) is 18.7 Å². The first kappa shape index (κ1) is 24.6. The van der Waals surface area contributed by atoms with E-state index in [-0.39, 0.29) is 24.0 Å². The second-order valence-corrected chi connectivity index (χ2v) is 9.86. The second-order valence-electron chi connectivity index (χ2n) is 6.52. The molecule has 2 heterocycles. The number of thioether (sulfide) groups is 1. The summed E-state index contributed by atoms with van der Waals surface area (Å²) in [7, 11) is 0. The van der Waals surface area contributed by atoms with E-state index < -0.39 is 11.9 Å². The Bertz CT molecular complexity index is 1070. The minimum absolute atomic E-state index is 0.158. The Morgan fingerprint density at radius 1 is 1.22 bits per heavy atom. The Morgan fingerprint density at radius 3 is 2.66 bits per heavy atom. The summed E-state index contributed by atoms with van der Waals surface area (Å²) < 4.78 is 17.0. The minimum Gasteiger partial charge on any atom is -0.490 e. The van der Waals surface area contributed by atoms with Crippen LogP contribution in [0, 0.1) is 8.98 Å². The Kier molecular flexibility index (Phi) is 8.65. The molecular formula is C21H22IN3O5S2. The maximum atomic E-state index is 13.0. The number of carbonyl (C=O) groups is 2. The van der Waals surface area contributed by atoms with Crippen LogP contribution in [0.1, 0.15) is 42.3 Å². The highest BCUT2D eigenvalue weighted by atomic mass is 127. The molecule has 0 radical (unpaired) electrons. The van der Waals surface area contributed by atoms with Crippen molar-refractivity contribution in [3.63, 3.8) is 0 Å². The van der Waals surface area contributed by atoms with Crippen molar-refractivity contribution in [1.29, 1.82) is 5.41 Å². The minimum atomic E-state index is -0.693. The smallest absolute Gasteiger partial charge is 0.344 e. The summed E-state index contributed by atoms with van der Waals surface area (Å²) in [4.78, 5) is 25.1. The van der Waals surface area contributed by atoms with Gasteiger partial charge in [0.1, 0.15) is 15.9 Å². The van der Waals surface area contributed by atoms with Gasteiger partial charge in [-0.25, -0.2) is 4.79 Å². The lowest BCUT2D eigenvalue weighted by Gasteiger charge is -2.14. The first-order valence-electron chi connectivity index (χ1n) is 9.97. The number of allylic oxidation sites excluding steroid dienone is 1. The number of ketones is 1. The van der Waals surface area contributed by atoms with Crippen LogP contribution in [0.3, 0.4) is 0 Å². The van der Waals surface area contributed by atoms with Gasteiger partial charge in [0.05, 0.1) is 26.7 Å². The van der Waals surface area contributed by atoms with Crippen molar-refractivity contribution in [2.24, 2.45) is 0 Å². The lowest BCUT2D eigenvalue weighted by Crippen LogP contribution is -2.15. The highest BCUT2D eigenvalue weighted by Crippen LogP contribution is 2.42. The highest BCUT2D eigenvalue weighted by Gasteiger charge is 2.39. The Balaban J connectivity index is 1.86. The number of hydrogen-bond acceptors (Lipinski definition) is 10. The van der Waals surface area contributed by atoms with Crippen LogP contribution in [-0.2, 0) is 20.7 Å². The number of nitrogens with zero attached hydrogens (tertiary/aromatic N) is 2. The SMILES string of the molecule is CCOC(=O)COc1c(I)cc(/C=C2\SC(=N)[C@H](c3nnc(CC)s3)C2=O)cc1OCC. The van der Waals surface area contributed by atoms with Crippen LogP contribution in [0.4, 0.5) is 0 Å². The first-order valence-corrected chi connectivity index (χ1v) is 12.7. The van der Waals surface area contributed by atoms with Crippen molar-refractivity contribution in [3.8, 4) is 11.5 Å². The Labute approximate surface area is 207 Å². The van der Waals surface area contributed by atoms with Gasteiger partial charge in [-0.2, -0.15) is 0 Å². The van der Waals surface area contributed by atoms with Gasteiger partial charge in [-0.05, 0) is 66.6 Å². The maximum Gasteiger partial charge on any atom is 0.344 e. The van der Waals surface area contributed by atoms with Gasteiger partial charge >= 0.3 is 5.97 Å². The highest BCUT2D eigenvalue weighted by molar-refractivity contribution is 14.1. The molecule has 3 rings (SSSR count). The molecule has 1 aromatic heterocycles. The zero-order valence-corrected chi connectivity index (χ0v) is 21.6. The van der Waals surface area contributed by atoms with Crippen LogP contribution in [0.25, 0.3) is 6.08 Å². The first-order chi connectivity index (χ1) is 15.4. The molecule has 1 aliphatic heterocycles. The molecule has 1 fully saturated rings. The van der Waals surface area contributed by atoms with E-state index in [9.17, 15) is 9.59 Å². The largest absolute Gasteiger partial charge is 0.490 e. The Morgan fingerprint density at radius 2 is 2.00 bits per heavy atom. The van der Waals surface area contributed by atoms with Crippen LogP contribution in [-0.4, -0.2) is 46.8 Å². The van der Waals surface area contributed by atoms with Crippen molar-refractivity contribution in [3.05, 3.63) is 36.2 Å². The van der Waals surface area contributed by atoms with Gasteiger partial charge in [-0.3, -0.25) is 10.2 Å². The standard InChI is InChI=1S/C21H22IN3O5S2/c1-4-15-24-25-21(32-15)17-18(27)14(31-20(17)23)9-11-7-12(22)19(13(8-11)28-5-2)30-10-16(26)29-6-3/h7-9,17,23H,4-6,10H2,1-3H3/b14-9-,23-20?/t17-/m1/s1. The second kappa shape index (κ2) is 11.2. The van der Waals surface area contributed by atoms with Crippen molar-refractivity contribution >= 4 is 68.6 Å². The molecule has 11 heteroatoms. The van der Waals surface area contributed by atoms with Crippen molar-refractivity contribution in [2.45, 2.75) is 33.1 Å². The van der Waals surface area contributed by atoms with Crippen LogP contribution in [0.15, 0.2) is 17.0 Å². The van der Waals surface area contributed by atoms with Gasteiger partial charge in [0.25, 0.3) is 0 Å².